The Balaban J connectivity index is 1.58. The van der Waals surface area contributed by atoms with Crippen LogP contribution in [-0.4, -0.2) is 61.0 Å². The van der Waals surface area contributed by atoms with Crippen LogP contribution in [0.5, 0.6) is 0 Å². The van der Waals surface area contributed by atoms with Crippen molar-refractivity contribution in [1.82, 2.24) is 4.90 Å². The van der Waals surface area contributed by atoms with Crippen molar-refractivity contribution in [2.45, 2.75) is 50.4 Å². The molecule has 1 aromatic carbocycles. The van der Waals surface area contributed by atoms with Gasteiger partial charge in [-0.25, -0.2) is 0 Å². The molecule has 1 atom stereocenters. The lowest BCUT2D eigenvalue weighted by molar-refractivity contribution is -0.137. The van der Waals surface area contributed by atoms with Gasteiger partial charge in [0.1, 0.15) is 6.61 Å². The lowest BCUT2D eigenvalue weighted by Gasteiger charge is -2.35. The van der Waals surface area contributed by atoms with E-state index in [9.17, 15) is 27.6 Å². The Labute approximate surface area is 189 Å². The van der Waals surface area contributed by atoms with Gasteiger partial charge in [0.25, 0.3) is 11.8 Å². The topological polar surface area (TPSA) is 105 Å². The van der Waals surface area contributed by atoms with E-state index in [0.29, 0.717) is 12.5 Å². The van der Waals surface area contributed by atoms with Crippen LogP contribution < -0.4 is 16.0 Å². The van der Waals surface area contributed by atoms with Crippen LogP contribution in [0.2, 0.25) is 0 Å². The van der Waals surface area contributed by atoms with Crippen molar-refractivity contribution < 1.29 is 32.3 Å². The zero-order valence-corrected chi connectivity index (χ0v) is 18.1. The van der Waals surface area contributed by atoms with Crippen molar-refractivity contribution in [3.05, 3.63) is 23.8 Å². The van der Waals surface area contributed by atoms with Gasteiger partial charge in [0.2, 0.25) is 5.91 Å². The van der Waals surface area contributed by atoms with Crippen molar-refractivity contribution in [3.8, 4) is 0 Å². The fourth-order valence-corrected chi connectivity index (χ4v) is 4.32. The Morgan fingerprint density at radius 3 is 2.52 bits per heavy atom. The first kappa shape index (κ1) is 23.5. The average molecular weight is 468 g/mol. The van der Waals surface area contributed by atoms with Crippen molar-refractivity contribution in [3.63, 3.8) is 0 Å². The zero-order chi connectivity index (χ0) is 23.8. The van der Waals surface area contributed by atoms with Gasteiger partial charge in [-0.15, -0.1) is 0 Å². The third kappa shape index (κ3) is 5.30. The van der Waals surface area contributed by atoms with E-state index in [4.69, 9.17) is 10.5 Å². The number of carbonyl (C=O) groups is 3. The van der Waals surface area contributed by atoms with Crippen LogP contribution in [0.3, 0.4) is 0 Å². The van der Waals surface area contributed by atoms with E-state index >= 15 is 0 Å². The number of amides is 3. The highest BCUT2D eigenvalue weighted by atomic mass is 19.4. The summed E-state index contributed by atoms with van der Waals surface area (Å²) in [4.78, 5) is 40.2. The zero-order valence-electron chi connectivity index (χ0n) is 18.1. The van der Waals surface area contributed by atoms with Crippen molar-refractivity contribution >= 4 is 29.1 Å². The number of nitrogens with zero attached hydrogens (tertiary/aromatic N) is 2. The van der Waals surface area contributed by atoms with E-state index in [2.05, 4.69) is 5.32 Å². The number of hydrogen-bond acceptors (Lipinski definition) is 5. The molecule has 3 N–H and O–H groups in total. The standard InChI is InChI=1S/C22H27F3N4O4/c23-22(24,25)16-10-15(28-8-9-33-12-18(28)30)6-7-17(16)27-21(32)19(20(26)31)29(14-4-5-14)11-13-2-1-3-13/h6-7,10,13-14,19H,1-5,8-9,11-12H2,(H2,26,31)(H,27,32)/t19-/m0/s1. The van der Waals surface area contributed by atoms with Crippen LogP contribution in [-0.2, 0) is 25.3 Å². The molecule has 8 nitrogen and oxygen atoms in total. The number of nitrogens with one attached hydrogen (secondary N) is 1. The second kappa shape index (κ2) is 9.30. The molecule has 0 radical (unpaired) electrons. The maximum Gasteiger partial charge on any atom is 0.418 e. The fraction of sp³-hybridized carbons (Fsp3) is 0.591. The Kier molecular flexibility index (Phi) is 6.62. The number of alkyl halides is 3. The Bertz CT molecular complexity index is 931. The molecule has 3 fully saturated rings. The van der Waals surface area contributed by atoms with Crippen molar-refractivity contribution in [2.24, 2.45) is 11.7 Å². The summed E-state index contributed by atoms with van der Waals surface area (Å²) in [5, 5.41) is 2.28. The molecule has 0 unspecified atom stereocenters. The first-order valence-electron chi connectivity index (χ1n) is 11.1. The Hall–Kier alpha value is -2.66. The van der Waals surface area contributed by atoms with Crippen LogP contribution in [0.25, 0.3) is 0 Å². The summed E-state index contributed by atoms with van der Waals surface area (Å²) in [7, 11) is 0. The highest BCUT2D eigenvalue weighted by Crippen LogP contribution is 2.38. The predicted molar refractivity (Wildman–Crippen MR) is 113 cm³/mol. The normalized spacial score (nSPS) is 20.5. The molecule has 0 spiro atoms. The molecule has 0 aromatic heterocycles. The number of carbonyl (C=O) groups excluding carboxylic acids is 3. The van der Waals surface area contributed by atoms with E-state index < -0.39 is 41.2 Å². The largest absolute Gasteiger partial charge is 0.418 e. The van der Waals surface area contributed by atoms with Gasteiger partial charge in [-0.2, -0.15) is 13.2 Å². The van der Waals surface area contributed by atoms with Crippen LogP contribution in [0, 0.1) is 5.92 Å². The maximum atomic E-state index is 13.8. The first-order valence-corrected chi connectivity index (χ1v) is 11.1. The monoisotopic (exact) mass is 468 g/mol. The SMILES string of the molecule is NC(=O)[C@@H](C(=O)Nc1ccc(N2CCOCC2=O)cc1C(F)(F)F)N(CC1CCC1)C1CC1. The van der Waals surface area contributed by atoms with Gasteiger partial charge in [-0.3, -0.25) is 19.3 Å². The number of rotatable bonds is 8. The molecule has 2 aliphatic carbocycles. The molecule has 3 aliphatic rings. The molecule has 3 amide bonds. The number of nitrogens with two attached hydrogens (primary N) is 1. The molecule has 1 aromatic rings. The molecule has 1 saturated heterocycles. The predicted octanol–water partition coefficient (Wildman–Crippen LogP) is 2.13. The van der Waals surface area contributed by atoms with E-state index in [0.717, 1.165) is 44.2 Å². The summed E-state index contributed by atoms with van der Waals surface area (Å²) in [6.07, 6.45) is -0.0753. The van der Waals surface area contributed by atoms with E-state index in [1.807, 2.05) is 0 Å². The van der Waals surface area contributed by atoms with E-state index in [-0.39, 0.29) is 31.5 Å². The molecule has 180 valence electrons. The number of benzene rings is 1. The smallest absolute Gasteiger partial charge is 0.370 e. The summed E-state index contributed by atoms with van der Waals surface area (Å²) < 4.78 is 46.6. The third-order valence-electron chi connectivity index (χ3n) is 6.42. The number of ether oxygens (including phenoxy) is 1. The second-order valence-electron chi connectivity index (χ2n) is 8.84. The van der Waals surface area contributed by atoms with Crippen LogP contribution in [0.15, 0.2) is 18.2 Å². The minimum absolute atomic E-state index is 0.0330. The van der Waals surface area contributed by atoms with Gasteiger partial charge in [0.05, 0.1) is 17.9 Å². The summed E-state index contributed by atoms with van der Waals surface area (Å²) in [5.41, 5.74) is 4.01. The minimum Gasteiger partial charge on any atom is -0.370 e. The van der Waals surface area contributed by atoms with Crippen molar-refractivity contribution in [2.75, 3.05) is 36.5 Å². The molecule has 2 saturated carbocycles. The molecule has 4 rings (SSSR count). The number of hydrogen-bond donors (Lipinski definition) is 2. The molecule has 0 bridgehead atoms. The molecular formula is C22H27F3N4O4. The lowest BCUT2D eigenvalue weighted by atomic mass is 9.84. The van der Waals surface area contributed by atoms with Gasteiger partial charge in [-0.05, 0) is 49.8 Å². The second-order valence-corrected chi connectivity index (χ2v) is 8.84. The van der Waals surface area contributed by atoms with E-state index in [1.54, 1.807) is 4.90 Å². The molecule has 1 heterocycles. The van der Waals surface area contributed by atoms with Crippen LogP contribution in [0.4, 0.5) is 24.5 Å². The number of halogens is 3. The summed E-state index contributed by atoms with van der Waals surface area (Å²) in [6, 6.07) is 1.95. The van der Waals surface area contributed by atoms with E-state index in [1.165, 1.54) is 11.0 Å². The fourth-order valence-electron chi connectivity index (χ4n) is 4.32. The molecule has 11 heteroatoms. The van der Waals surface area contributed by atoms with Crippen LogP contribution in [0.1, 0.15) is 37.7 Å². The summed E-state index contributed by atoms with van der Waals surface area (Å²) >= 11 is 0. The quantitative estimate of drug-likeness (QED) is 0.569. The van der Waals surface area contributed by atoms with Crippen molar-refractivity contribution in [1.29, 1.82) is 0 Å². The highest BCUT2D eigenvalue weighted by Gasteiger charge is 2.43. The number of primary amides is 1. The molecule has 33 heavy (non-hydrogen) atoms. The molecular weight excluding hydrogens is 441 g/mol. The van der Waals surface area contributed by atoms with Gasteiger partial charge in [0, 0.05) is 24.8 Å². The van der Waals surface area contributed by atoms with Gasteiger partial charge >= 0.3 is 6.18 Å². The Morgan fingerprint density at radius 1 is 1.24 bits per heavy atom. The van der Waals surface area contributed by atoms with Gasteiger partial charge < -0.3 is 20.7 Å². The summed E-state index contributed by atoms with van der Waals surface area (Å²) in [5.74, 6) is -1.86. The first-order chi connectivity index (χ1) is 15.6. The Morgan fingerprint density at radius 2 is 1.97 bits per heavy atom. The maximum absolute atomic E-state index is 13.8. The highest BCUT2D eigenvalue weighted by molar-refractivity contribution is 6.10. The number of morpholine rings is 1. The summed E-state index contributed by atoms with van der Waals surface area (Å²) in [6.45, 7) is 0.654. The number of anilines is 2. The minimum atomic E-state index is -4.79. The molecule has 1 aliphatic heterocycles. The average Bonchev–Trinajstić information content (AvgIpc) is 3.54. The van der Waals surface area contributed by atoms with Gasteiger partial charge in [-0.1, -0.05) is 6.42 Å². The third-order valence-corrected chi connectivity index (χ3v) is 6.42. The van der Waals surface area contributed by atoms with Gasteiger partial charge in [0.15, 0.2) is 6.04 Å². The lowest BCUT2D eigenvalue weighted by Crippen LogP contribution is -2.54. The van der Waals surface area contributed by atoms with Crippen LogP contribution >= 0.6 is 0 Å².